The zero-order valence-corrected chi connectivity index (χ0v) is 19.8. The Kier molecular flexibility index (Phi) is 10.5. The second-order valence-corrected chi connectivity index (χ2v) is 7.50. The number of aliphatic hydroxyl groups excluding tert-OH is 1. The highest BCUT2D eigenvalue weighted by molar-refractivity contribution is 14.0. The van der Waals surface area contributed by atoms with Crippen molar-refractivity contribution in [3.8, 4) is 0 Å². The lowest BCUT2D eigenvalue weighted by atomic mass is 10.1. The van der Waals surface area contributed by atoms with E-state index in [0.717, 1.165) is 44.6 Å². The molecule has 0 atom stereocenters. The second-order valence-electron chi connectivity index (χ2n) is 7.50. The number of rotatable bonds is 7. The summed E-state index contributed by atoms with van der Waals surface area (Å²) >= 11 is 0. The molecule has 0 unspecified atom stereocenters. The number of nitrogens with one attached hydrogen (secondary N) is 2. The molecule has 2 aromatic carbocycles. The molecule has 1 saturated heterocycles. The molecular formula is C23H32FIN4O. The zero-order valence-electron chi connectivity index (χ0n) is 17.5. The number of aliphatic imine (C=N–C) groups is 1. The van der Waals surface area contributed by atoms with Gasteiger partial charge < -0.3 is 15.7 Å². The third kappa shape index (κ3) is 8.20. The van der Waals surface area contributed by atoms with Gasteiger partial charge in [0.05, 0.1) is 12.6 Å². The van der Waals surface area contributed by atoms with E-state index in [0.29, 0.717) is 19.0 Å². The molecule has 1 aliphatic heterocycles. The average molecular weight is 526 g/mol. The van der Waals surface area contributed by atoms with Gasteiger partial charge in [0.25, 0.3) is 0 Å². The monoisotopic (exact) mass is 526 g/mol. The van der Waals surface area contributed by atoms with Gasteiger partial charge in [-0.2, -0.15) is 0 Å². The van der Waals surface area contributed by atoms with Gasteiger partial charge in [-0.3, -0.25) is 4.90 Å². The van der Waals surface area contributed by atoms with Gasteiger partial charge in [-0.25, -0.2) is 9.38 Å². The molecule has 0 aromatic heterocycles. The summed E-state index contributed by atoms with van der Waals surface area (Å²) in [4.78, 5) is 6.93. The van der Waals surface area contributed by atoms with Crippen molar-refractivity contribution in [2.45, 2.75) is 45.5 Å². The first-order chi connectivity index (χ1) is 14.1. The highest BCUT2D eigenvalue weighted by Gasteiger charge is 2.16. The lowest BCUT2D eigenvalue weighted by molar-refractivity contribution is 0.0792. The van der Waals surface area contributed by atoms with Gasteiger partial charge in [-0.15, -0.1) is 24.0 Å². The molecule has 0 bridgehead atoms. The largest absolute Gasteiger partial charge is 0.393 e. The molecule has 1 aliphatic rings. The van der Waals surface area contributed by atoms with Gasteiger partial charge in [0, 0.05) is 32.7 Å². The fourth-order valence-electron chi connectivity index (χ4n) is 3.43. The van der Waals surface area contributed by atoms with Crippen molar-refractivity contribution in [2.24, 2.45) is 4.99 Å². The smallest absolute Gasteiger partial charge is 0.191 e. The summed E-state index contributed by atoms with van der Waals surface area (Å²) in [5.74, 6) is 0.476. The third-order valence-corrected chi connectivity index (χ3v) is 5.10. The molecule has 30 heavy (non-hydrogen) atoms. The van der Waals surface area contributed by atoms with E-state index in [2.05, 4.69) is 44.8 Å². The van der Waals surface area contributed by atoms with Crippen LogP contribution in [0.4, 0.5) is 4.39 Å². The maximum Gasteiger partial charge on any atom is 0.191 e. The van der Waals surface area contributed by atoms with Gasteiger partial charge >= 0.3 is 0 Å². The van der Waals surface area contributed by atoms with Crippen molar-refractivity contribution < 1.29 is 9.50 Å². The van der Waals surface area contributed by atoms with E-state index in [1.807, 2.05) is 13.0 Å². The van der Waals surface area contributed by atoms with Crippen LogP contribution in [0.3, 0.4) is 0 Å². The Bertz CT molecular complexity index is 792. The van der Waals surface area contributed by atoms with Crippen LogP contribution in [0, 0.1) is 5.82 Å². The maximum absolute atomic E-state index is 13.3. The molecule has 164 valence electrons. The Balaban J connectivity index is 0.00000320. The van der Waals surface area contributed by atoms with E-state index in [4.69, 9.17) is 0 Å². The first-order valence-corrected chi connectivity index (χ1v) is 10.4. The second kappa shape index (κ2) is 12.9. The van der Waals surface area contributed by atoms with E-state index < -0.39 is 0 Å². The van der Waals surface area contributed by atoms with Gasteiger partial charge in [0.2, 0.25) is 0 Å². The Morgan fingerprint density at radius 1 is 1.07 bits per heavy atom. The summed E-state index contributed by atoms with van der Waals surface area (Å²) in [6, 6.07) is 15.1. The molecule has 2 aromatic rings. The maximum atomic E-state index is 13.3. The topological polar surface area (TPSA) is 59.9 Å². The Labute approximate surface area is 195 Å². The van der Waals surface area contributed by atoms with E-state index in [1.165, 1.54) is 23.3 Å². The third-order valence-electron chi connectivity index (χ3n) is 5.10. The van der Waals surface area contributed by atoms with Gasteiger partial charge in [0.1, 0.15) is 5.82 Å². The molecule has 3 rings (SSSR count). The van der Waals surface area contributed by atoms with Crippen LogP contribution in [0.1, 0.15) is 36.5 Å². The van der Waals surface area contributed by atoms with Crippen LogP contribution in [-0.2, 0) is 19.6 Å². The van der Waals surface area contributed by atoms with Crippen molar-refractivity contribution in [1.29, 1.82) is 0 Å². The molecule has 1 heterocycles. The molecule has 0 amide bonds. The van der Waals surface area contributed by atoms with Crippen molar-refractivity contribution in [2.75, 3.05) is 19.6 Å². The van der Waals surface area contributed by atoms with E-state index in [1.54, 1.807) is 6.07 Å². The summed E-state index contributed by atoms with van der Waals surface area (Å²) in [6.07, 6.45) is 1.60. The van der Waals surface area contributed by atoms with Gasteiger partial charge in [-0.05, 0) is 48.6 Å². The van der Waals surface area contributed by atoms with Crippen LogP contribution < -0.4 is 10.6 Å². The van der Waals surface area contributed by atoms with E-state index >= 15 is 0 Å². The van der Waals surface area contributed by atoms with E-state index in [9.17, 15) is 9.50 Å². The normalized spacial score (nSPS) is 15.5. The minimum atomic E-state index is -0.239. The summed E-state index contributed by atoms with van der Waals surface area (Å²) in [5.41, 5.74) is 3.31. The van der Waals surface area contributed by atoms with Crippen molar-refractivity contribution in [3.63, 3.8) is 0 Å². The summed E-state index contributed by atoms with van der Waals surface area (Å²) in [6.45, 7) is 6.72. The number of benzene rings is 2. The number of hydrogen-bond acceptors (Lipinski definition) is 3. The predicted molar refractivity (Wildman–Crippen MR) is 130 cm³/mol. The summed E-state index contributed by atoms with van der Waals surface area (Å²) < 4.78 is 13.3. The predicted octanol–water partition coefficient (Wildman–Crippen LogP) is 3.66. The number of aliphatic hydroxyl groups is 1. The number of piperidine rings is 1. The van der Waals surface area contributed by atoms with Crippen LogP contribution in [0.2, 0.25) is 0 Å². The van der Waals surface area contributed by atoms with Crippen molar-refractivity contribution in [1.82, 2.24) is 15.5 Å². The molecule has 7 heteroatoms. The molecule has 0 spiro atoms. The highest BCUT2D eigenvalue weighted by atomic mass is 127. The van der Waals surface area contributed by atoms with Crippen LogP contribution in [0.5, 0.6) is 0 Å². The Hall–Kier alpha value is -1.71. The van der Waals surface area contributed by atoms with Crippen LogP contribution >= 0.6 is 24.0 Å². The van der Waals surface area contributed by atoms with Gasteiger partial charge in [0.15, 0.2) is 5.96 Å². The average Bonchev–Trinajstić information content (AvgIpc) is 2.73. The Morgan fingerprint density at radius 2 is 1.77 bits per heavy atom. The molecule has 0 radical (unpaired) electrons. The van der Waals surface area contributed by atoms with Gasteiger partial charge in [-0.1, -0.05) is 36.4 Å². The molecule has 5 nitrogen and oxygen atoms in total. The lowest BCUT2D eigenvalue weighted by Gasteiger charge is -2.29. The first-order valence-electron chi connectivity index (χ1n) is 10.4. The minimum absolute atomic E-state index is 0. The SMILES string of the molecule is CCNC(=NCc1cccc(F)c1)NCc1ccc(CN2CCC(O)CC2)cc1.I. The van der Waals surface area contributed by atoms with Crippen LogP contribution in [0.15, 0.2) is 53.5 Å². The molecule has 0 saturated carbocycles. The zero-order chi connectivity index (χ0) is 20.5. The molecule has 3 N–H and O–H groups in total. The summed E-state index contributed by atoms with van der Waals surface area (Å²) in [5, 5.41) is 16.2. The number of hydrogen-bond donors (Lipinski definition) is 3. The number of nitrogens with zero attached hydrogens (tertiary/aromatic N) is 2. The van der Waals surface area contributed by atoms with E-state index in [-0.39, 0.29) is 35.9 Å². The fourth-order valence-corrected chi connectivity index (χ4v) is 3.43. The first kappa shape index (κ1) is 24.6. The minimum Gasteiger partial charge on any atom is -0.393 e. The highest BCUT2D eigenvalue weighted by Crippen LogP contribution is 2.14. The summed E-state index contributed by atoms with van der Waals surface area (Å²) in [7, 11) is 0. The number of guanidine groups is 1. The standard InChI is InChI=1S/C23H31FN4O.HI/c1-2-25-23(27-16-20-4-3-5-21(24)14-20)26-15-18-6-8-19(9-7-18)17-28-12-10-22(29)11-13-28;/h3-9,14,22,29H,2,10-13,15-17H2,1H3,(H2,25,26,27);1H. The lowest BCUT2D eigenvalue weighted by Crippen LogP contribution is -2.36. The molecular weight excluding hydrogens is 494 g/mol. The van der Waals surface area contributed by atoms with Crippen molar-refractivity contribution >= 4 is 29.9 Å². The fraction of sp³-hybridized carbons (Fsp3) is 0.435. The number of halogens is 2. The molecule has 1 fully saturated rings. The quantitative estimate of drug-likeness (QED) is 0.293. The number of likely N-dealkylation sites (tertiary alicyclic amines) is 1. The van der Waals surface area contributed by atoms with Crippen LogP contribution in [-0.4, -0.2) is 41.7 Å². The molecule has 0 aliphatic carbocycles. The van der Waals surface area contributed by atoms with Crippen molar-refractivity contribution in [3.05, 3.63) is 71.0 Å². The van der Waals surface area contributed by atoms with Crippen LogP contribution in [0.25, 0.3) is 0 Å². The Morgan fingerprint density at radius 3 is 2.43 bits per heavy atom.